The number of nitrogens with one attached hydrogen (secondary N) is 2. The SMILES string of the molecule is CC(C)(CO)CCCNC(=O)c1sc2ccc(NS(=O)(=O)c3ccc(C(C)(C)C)cc3)cc2c1-c1ccccc1. The Bertz CT molecular complexity index is 1580. The molecule has 8 heteroatoms. The van der Waals surface area contributed by atoms with Crippen LogP contribution in [0.5, 0.6) is 0 Å². The molecule has 1 aromatic heterocycles. The third kappa shape index (κ3) is 6.92. The standard InChI is InChI=1S/C32H38N2O4S2/c1-31(2,3)23-12-15-25(16-13-23)40(37,38)34-24-14-17-27-26(20-24)28(22-10-7-6-8-11-22)29(39-27)30(36)33-19-9-18-32(4,5)21-35/h6-8,10-17,20,34-35H,9,18-19,21H2,1-5H3,(H,33,36). The second-order valence-corrected chi connectivity index (χ2v) is 14.7. The first kappa shape index (κ1) is 29.8. The van der Waals surface area contributed by atoms with Crippen molar-refractivity contribution in [2.75, 3.05) is 17.9 Å². The maximum atomic E-state index is 13.3. The molecule has 4 rings (SSSR count). The lowest BCUT2D eigenvalue weighted by Gasteiger charge is -2.21. The largest absolute Gasteiger partial charge is 0.396 e. The Morgan fingerprint density at radius 2 is 1.60 bits per heavy atom. The van der Waals surface area contributed by atoms with E-state index in [1.807, 2.05) is 62.4 Å². The minimum absolute atomic E-state index is 0.0758. The molecule has 0 aliphatic heterocycles. The van der Waals surface area contributed by atoms with Crippen LogP contribution in [-0.2, 0) is 15.4 Å². The van der Waals surface area contributed by atoms with Crippen LogP contribution in [0.25, 0.3) is 21.2 Å². The quantitative estimate of drug-likeness (QED) is 0.174. The van der Waals surface area contributed by atoms with Crippen molar-refractivity contribution in [2.24, 2.45) is 5.41 Å². The van der Waals surface area contributed by atoms with Crippen LogP contribution >= 0.6 is 11.3 Å². The molecule has 3 N–H and O–H groups in total. The number of hydrogen-bond acceptors (Lipinski definition) is 5. The highest BCUT2D eigenvalue weighted by atomic mass is 32.2. The fourth-order valence-corrected chi connectivity index (χ4v) is 6.66. The molecule has 4 aromatic rings. The number of thiophene rings is 1. The van der Waals surface area contributed by atoms with Crippen molar-refractivity contribution < 1.29 is 18.3 Å². The van der Waals surface area contributed by atoms with Crippen LogP contribution in [0.2, 0.25) is 0 Å². The van der Waals surface area contributed by atoms with E-state index in [1.54, 1.807) is 24.3 Å². The summed E-state index contributed by atoms with van der Waals surface area (Å²) >= 11 is 1.39. The van der Waals surface area contributed by atoms with Gasteiger partial charge in [0.05, 0.1) is 4.90 Å². The van der Waals surface area contributed by atoms with Crippen molar-refractivity contribution in [3.63, 3.8) is 0 Å². The molecule has 0 radical (unpaired) electrons. The van der Waals surface area contributed by atoms with E-state index in [0.29, 0.717) is 17.1 Å². The van der Waals surface area contributed by atoms with Crippen LogP contribution < -0.4 is 10.0 Å². The Kier molecular flexibility index (Phi) is 8.73. The van der Waals surface area contributed by atoms with Crippen LogP contribution in [0.15, 0.2) is 77.7 Å². The zero-order valence-electron chi connectivity index (χ0n) is 23.7. The van der Waals surface area contributed by atoms with Crippen molar-refractivity contribution in [2.45, 2.75) is 57.8 Å². The monoisotopic (exact) mass is 578 g/mol. The molecule has 0 bridgehead atoms. The number of rotatable bonds is 10. The predicted octanol–water partition coefficient (Wildman–Crippen LogP) is 7.20. The molecule has 0 spiro atoms. The normalized spacial score (nSPS) is 12.4. The Hall–Kier alpha value is -3.20. The number of carbonyl (C=O) groups is 1. The number of hydrogen-bond donors (Lipinski definition) is 3. The van der Waals surface area contributed by atoms with E-state index < -0.39 is 10.0 Å². The summed E-state index contributed by atoms with van der Waals surface area (Å²) in [5.74, 6) is -0.164. The first-order valence-electron chi connectivity index (χ1n) is 13.5. The van der Waals surface area contributed by atoms with Crippen LogP contribution in [0.4, 0.5) is 5.69 Å². The molecular weight excluding hydrogens is 540 g/mol. The summed E-state index contributed by atoms with van der Waals surface area (Å²) in [4.78, 5) is 14.1. The van der Waals surface area contributed by atoms with E-state index >= 15 is 0 Å². The van der Waals surface area contributed by atoms with Gasteiger partial charge >= 0.3 is 0 Å². The predicted molar refractivity (Wildman–Crippen MR) is 166 cm³/mol. The summed E-state index contributed by atoms with van der Waals surface area (Å²) in [6.45, 7) is 10.9. The molecule has 0 unspecified atom stereocenters. The first-order chi connectivity index (χ1) is 18.8. The van der Waals surface area contributed by atoms with Gasteiger partial charge in [0.2, 0.25) is 0 Å². The van der Waals surface area contributed by atoms with Gasteiger partial charge in [-0.3, -0.25) is 9.52 Å². The number of anilines is 1. The maximum absolute atomic E-state index is 13.3. The lowest BCUT2D eigenvalue weighted by Crippen LogP contribution is -2.26. The molecule has 6 nitrogen and oxygen atoms in total. The third-order valence-electron chi connectivity index (χ3n) is 6.98. The molecule has 0 atom stereocenters. The van der Waals surface area contributed by atoms with Gasteiger partial charge < -0.3 is 10.4 Å². The van der Waals surface area contributed by atoms with Gasteiger partial charge in [-0.2, -0.15) is 0 Å². The van der Waals surface area contributed by atoms with Crippen LogP contribution in [-0.4, -0.2) is 32.6 Å². The molecule has 212 valence electrons. The fourth-order valence-electron chi connectivity index (χ4n) is 4.49. The van der Waals surface area contributed by atoms with Gasteiger partial charge in [-0.15, -0.1) is 11.3 Å². The molecule has 0 aliphatic rings. The van der Waals surface area contributed by atoms with Crippen molar-refractivity contribution in [1.82, 2.24) is 5.32 Å². The Balaban J connectivity index is 1.64. The number of aliphatic hydroxyl groups excluding tert-OH is 1. The smallest absolute Gasteiger partial charge is 0.262 e. The van der Waals surface area contributed by atoms with Crippen molar-refractivity contribution >= 4 is 43.0 Å². The minimum Gasteiger partial charge on any atom is -0.396 e. The van der Waals surface area contributed by atoms with E-state index in [-0.39, 0.29) is 28.2 Å². The summed E-state index contributed by atoms with van der Waals surface area (Å²) < 4.78 is 30.0. The number of sulfonamides is 1. The molecule has 0 saturated heterocycles. The van der Waals surface area contributed by atoms with Gasteiger partial charge in [-0.05, 0) is 65.1 Å². The Morgan fingerprint density at radius 3 is 2.23 bits per heavy atom. The summed E-state index contributed by atoms with van der Waals surface area (Å²) in [6.07, 6.45) is 1.55. The van der Waals surface area contributed by atoms with Crippen molar-refractivity contribution in [1.29, 1.82) is 0 Å². The lowest BCUT2D eigenvalue weighted by molar-refractivity contribution is 0.0953. The van der Waals surface area contributed by atoms with E-state index in [0.717, 1.165) is 39.6 Å². The molecular formula is C32H38N2O4S2. The van der Waals surface area contributed by atoms with Gasteiger partial charge in [0, 0.05) is 34.5 Å². The highest BCUT2D eigenvalue weighted by molar-refractivity contribution is 7.92. The lowest BCUT2D eigenvalue weighted by atomic mass is 9.87. The molecule has 40 heavy (non-hydrogen) atoms. The van der Waals surface area contributed by atoms with Gasteiger partial charge in [0.1, 0.15) is 4.88 Å². The summed E-state index contributed by atoms with van der Waals surface area (Å²) in [5, 5.41) is 13.3. The summed E-state index contributed by atoms with van der Waals surface area (Å²) in [5.41, 5.74) is 2.90. The molecule has 0 aliphatic carbocycles. The van der Waals surface area contributed by atoms with Crippen LogP contribution in [0.1, 0.15) is 62.7 Å². The molecule has 0 saturated carbocycles. The van der Waals surface area contributed by atoms with Crippen LogP contribution in [0, 0.1) is 5.41 Å². The number of benzene rings is 3. The van der Waals surface area contributed by atoms with Gasteiger partial charge in [0.15, 0.2) is 0 Å². The number of aliphatic hydroxyl groups is 1. The average molecular weight is 579 g/mol. The van der Waals surface area contributed by atoms with Crippen molar-refractivity contribution in [3.8, 4) is 11.1 Å². The van der Waals surface area contributed by atoms with Crippen LogP contribution in [0.3, 0.4) is 0 Å². The highest BCUT2D eigenvalue weighted by Crippen LogP contribution is 2.40. The first-order valence-corrected chi connectivity index (χ1v) is 15.8. The van der Waals surface area contributed by atoms with E-state index in [2.05, 4.69) is 30.8 Å². The second-order valence-electron chi connectivity index (χ2n) is 11.9. The number of fused-ring (bicyclic) bond motifs is 1. The highest BCUT2D eigenvalue weighted by Gasteiger charge is 2.22. The van der Waals surface area contributed by atoms with E-state index in [4.69, 9.17) is 0 Å². The number of carbonyl (C=O) groups excluding carboxylic acids is 1. The summed E-state index contributed by atoms with van der Waals surface area (Å²) in [6, 6.07) is 22.0. The van der Waals surface area contributed by atoms with E-state index in [1.165, 1.54) is 11.3 Å². The van der Waals surface area contributed by atoms with Gasteiger partial charge in [0.25, 0.3) is 15.9 Å². The molecule has 0 fully saturated rings. The van der Waals surface area contributed by atoms with E-state index in [9.17, 15) is 18.3 Å². The average Bonchev–Trinajstić information content (AvgIpc) is 3.30. The molecule has 1 heterocycles. The van der Waals surface area contributed by atoms with Crippen molar-refractivity contribution in [3.05, 3.63) is 83.2 Å². The Morgan fingerprint density at radius 1 is 0.925 bits per heavy atom. The van der Waals surface area contributed by atoms with Gasteiger partial charge in [-0.25, -0.2) is 8.42 Å². The second kappa shape index (κ2) is 11.7. The molecule has 3 aromatic carbocycles. The zero-order chi connectivity index (χ0) is 29.1. The minimum atomic E-state index is -3.80. The zero-order valence-corrected chi connectivity index (χ0v) is 25.4. The van der Waals surface area contributed by atoms with Gasteiger partial charge in [-0.1, -0.05) is 77.1 Å². The third-order valence-corrected chi connectivity index (χ3v) is 9.55. The number of amides is 1. The summed E-state index contributed by atoms with van der Waals surface area (Å²) in [7, 11) is -3.80. The topological polar surface area (TPSA) is 95.5 Å². The molecule has 1 amide bonds. The fraction of sp³-hybridized carbons (Fsp3) is 0.344. The Labute approximate surface area is 241 Å². The maximum Gasteiger partial charge on any atom is 0.262 e.